The Hall–Kier alpha value is -1.77. The van der Waals surface area contributed by atoms with Crippen LogP contribution in [0.5, 0.6) is 0 Å². The molecule has 1 amide bonds. The van der Waals surface area contributed by atoms with Gasteiger partial charge in [-0.3, -0.25) is 9.78 Å². The molecular formula is C18H20BrN3O3S. The van der Waals surface area contributed by atoms with Crippen LogP contribution >= 0.6 is 15.9 Å². The molecular weight excluding hydrogens is 418 g/mol. The summed E-state index contributed by atoms with van der Waals surface area (Å²) in [5, 5.41) is 0. The molecule has 2 heterocycles. The van der Waals surface area contributed by atoms with E-state index in [1.807, 2.05) is 13.0 Å². The molecule has 1 aromatic heterocycles. The number of halogens is 1. The summed E-state index contributed by atoms with van der Waals surface area (Å²) in [4.78, 5) is 18.6. The minimum atomic E-state index is -3.55. The average molecular weight is 438 g/mol. The van der Waals surface area contributed by atoms with Crippen LogP contribution in [-0.2, 0) is 10.0 Å². The van der Waals surface area contributed by atoms with E-state index >= 15 is 0 Å². The van der Waals surface area contributed by atoms with Crippen LogP contribution in [0.2, 0.25) is 0 Å². The van der Waals surface area contributed by atoms with Crippen molar-refractivity contribution < 1.29 is 13.2 Å². The number of carbonyl (C=O) groups is 1. The monoisotopic (exact) mass is 437 g/mol. The van der Waals surface area contributed by atoms with E-state index in [1.165, 1.54) is 10.5 Å². The van der Waals surface area contributed by atoms with Crippen molar-refractivity contribution in [2.75, 3.05) is 26.2 Å². The highest BCUT2D eigenvalue weighted by Gasteiger charge is 2.31. The number of hydrogen-bond acceptors (Lipinski definition) is 4. The molecule has 0 atom stereocenters. The smallest absolute Gasteiger partial charge is 0.255 e. The van der Waals surface area contributed by atoms with E-state index in [-0.39, 0.29) is 19.0 Å². The van der Waals surface area contributed by atoms with Crippen LogP contribution in [0.1, 0.15) is 21.5 Å². The molecule has 0 saturated carbocycles. The number of carbonyl (C=O) groups excluding carboxylic acids is 1. The maximum Gasteiger partial charge on any atom is 0.255 e. The normalized spacial score (nSPS) is 15.9. The van der Waals surface area contributed by atoms with Gasteiger partial charge in [0.25, 0.3) is 5.91 Å². The Bertz CT molecular complexity index is 938. The molecule has 2 aromatic rings. The lowest BCUT2D eigenvalue weighted by atomic mass is 10.2. The van der Waals surface area contributed by atoms with Crippen molar-refractivity contribution in [2.45, 2.75) is 18.7 Å². The topological polar surface area (TPSA) is 70.6 Å². The summed E-state index contributed by atoms with van der Waals surface area (Å²) >= 11 is 3.31. The Morgan fingerprint density at radius 2 is 1.77 bits per heavy atom. The van der Waals surface area contributed by atoms with Crippen molar-refractivity contribution >= 4 is 31.9 Å². The van der Waals surface area contributed by atoms with Crippen LogP contribution in [-0.4, -0.2) is 54.7 Å². The van der Waals surface area contributed by atoms with E-state index < -0.39 is 10.0 Å². The van der Waals surface area contributed by atoms with Crippen LogP contribution in [0.25, 0.3) is 0 Å². The molecule has 1 fully saturated rings. The van der Waals surface area contributed by atoms with Crippen molar-refractivity contribution in [3.8, 4) is 0 Å². The summed E-state index contributed by atoms with van der Waals surface area (Å²) in [6, 6.07) is 7.05. The molecule has 0 N–H and O–H groups in total. The highest BCUT2D eigenvalue weighted by Crippen LogP contribution is 2.22. The van der Waals surface area contributed by atoms with E-state index in [9.17, 15) is 13.2 Å². The molecule has 0 unspecified atom stereocenters. The van der Waals surface area contributed by atoms with E-state index in [0.29, 0.717) is 23.5 Å². The number of amides is 1. The van der Waals surface area contributed by atoms with Crippen LogP contribution < -0.4 is 0 Å². The molecule has 138 valence electrons. The predicted molar refractivity (Wildman–Crippen MR) is 103 cm³/mol. The summed E-state index contributed by atoms with van der Waals surface area (Å²) in [5.74, 6) is -0.137. The summed E-state index contributed by atoms with van der Waals surface area (Å²) in [6.07, 6.45) is 3.14. The molecule has 6 nitrogen and oxygen atoms in total. The molecule has 1 saturated heterocycles. The van der Waals surface area contributed by atoms with Gasteiger partial charge in [-0.1, -0.05) is 17.7 Å². The summed E-state index contributed by atoms with van der Waals surface area (Å²) in [5.41, 5.74) is 2.26. The minimum absolute atomic E-state index is 0.137. The van der Waals surface area contributed by atoms with Crippen molar-refractivity contribution in [1.29, 1.82) is 0 Å². The largest absolute Gasteiger partial charge is 0.336 e. The zero-order valence-corrected chi connectivity index (χ0v) is 17.0. The minimum Gasteiger partial charge on any atom is -0.336 e. The molecule has 3 rings (SSSR count). The number of hydrogen-bond donors (Lipinski definition) is 0. The van der Waals surface area contributed by atoms with Gasteiger partial charge in [-0.05, 0) is 47.5 Å². The number of nitrogens with zero attached hydrogens (tertiary/aromatic N) is 3. The summed E-state index contributed by atoms with van der Waals surface area (Å²) in [7, 11) is -3.55. The van der Waals surface area contributed by atoms with Crippen molar-refractivity contribution in [3.63, 3.8) is 0 Å². The second-order valence-corrected chi connectivity index (χ2v) is 9.18. The van der Waals surface area contributed by atoms with Gasteiger partial charge in [0.1, 0.15) is 0 Å². The van der Waals surface area contributed by atoms with Crippen molar-refractivity contribution in [3.05, 3.63) is 57.8 Å². The molecule has 0 spiro atoms. The van der Waals surface area contributed by atoms with Gasteiger partial charge in [-0.25, -0.2) is 8.42 Å². The van der Waals surface area contributed by atoms with E-state index in [4.69, 9.17) is 0 Å². The maximum atomic E-state index is 12.9. The van der Waals surface area contributed by atoms with Gasteiger partial charge in [0.2, 0.25) is 10.0 Å². The first-order chi connectivity index (χ1) is 12.3. The van der Waals surface area contributed by atoms with Gasteiger partial charge < -0.3 is 4.90 Å². The Labute approximate surface area is 162 Å². The van der Waals surface area contributed by atoms with Crippen molar-refractivity contribution in [2.24, 2.45) is 0 Å². The zero-order chi connectivity index (χ0) is 18.9. The van der Waals surface area contributed by atoms with Crippen LogP contribution in [0.3, 0.4) is 0 Å². The lowest BCUT2D eigenvalue weighted by molar-refractivity contribution is 0.0697. The quantitative estimate of drug-likeness (QED) is 0.739. The number of aromatic nitrogens is 1. The van der Waals surface area contributed by atoms with Crippen LogP contribution in [0, 0.1) is 13.8 Å². The van der Waals surface area contributed by atoms with Gasteiger partial charge in [0, 0.05) is 43.0 Å². The second-order valence-electron chi connectivity index (χ2n) is 6.36. The fourth-order valence-corrected chi connectivity index (χ4v) is 5.06. The molecule has 0 bridgehead atoms. The van der Waals surface area contributed by atoms with E-state index in [0.717, 1.165) is 15.6 Å². The molecule has 26 heavy (non-hydrogen) atoms. The van der Waals surface area contributed by atoms with Crippen molar-refractivity contribution in [1.82, 2.24) is 14.2 Å². The molecule has 1 aliphatic rings. The van der Waals surface area contributed by atoms with E-state index in [2.05, 4.69) is 20.9 Å². The number of pyridine rings is 1. The summed E-state index contributed by atoms with van der Waals surface area (Å²) < 4.78 is 28.0. The molecule has 0 radical (unpaired) electrons. The van der Waals surface area contributed by atoms with Crippen LogP contribution in [0.4, 0.5) is 0 Å². The third kappa shape index (κ3) is 3.82. The maximum absolute atomic E-state index is 12.9. The third-order valence-corrected chi connectivity index (χ3v) is 6.92. The predicted octanol–water partition coefficient (Wildman–Crippen LogP) is 2.61. The highest BCUT2D eigenvalue weighted by atomic mass is 79.9. The first-order valence-electron chi connectivity index (χ1n) is 8.26. The molecule has 0 aliphatic carbocycles. The first-order valence-corrected chi connectivity index (χ1v) is 10.5. The number of benzene rings is 1. The third-order valence-electron chi connectivity index (χ3n) is 4.43. The highest BCUT2D eigenvalue weighted by molar-refractivity contribution is 9.10. The number of sulfonamides is 1. The number of rotatable bonds is 3. The first kappa shape index (κ1) is 19.0. The zero-order valence-electron chi connectivity index (χ0n) is 14.6. The molecule has 8 heteroatoms. The van der Waals surface area contributed by atoms with Gasteiger partial charge in [0.05, 0.1) is 10.5 Å². The second kappa shape index (κ2) is 7.46. The fraction of sp³-hybridized carbons (Fsp3) is 0.333. The molecule has 1 aliphatic heterocycles. The van der Waals surface area contributed by atoms with Gasteiger partial charge in [0.15, 0.2) is 0 Å². The van der Waals surface area contributed by atoms with E-state index in [1.54, 1.807) is 36.2 Å². The lowest BCUT2D eigenvalue weighted by Crippen LogP contribution is -2.50. The standard InChI is InChI=1S/C18H20BrN3O3S/c1-13-3-4-17(14(2)9-13)26(24,25)22-7-5-21(6-8-22)18(23)15-10-16(19)12-20-11-15/h3-4,9-12H,5-8H2,1-2H3. The Morgan fingerprint density at radius 3 is 2.38 bits per heavy atom. The van der Waals surface area contributed by atoms with Gasteiger partial charge in [-0.15, -0.1) is 0 Å². The van der Waals surface area contributed by atoms with Gasteiger partial charge >= 0.3 is 0 Å². The Kier molecular flexibility index (Phi) is 5.45. The van der Waals surface area contributed by atoms with Crippen LogP contribution in [0.15, 0.2) is 46.0 Å². The summed E-state index contributed by atoms with van der Waals surface area (Å²) in [6.45, 7) is 5.01. The SMILES string of the molecule is Cc1ccc(S(=O)(=O)N2CCN(C(=O)c3cncc(Br)c3)CC2)c(C)c1. The fourth-order valence-electron chi connectivity index (χ4n) is 3.07. The Balaban J connectivity index is 1.72. The average Bonchev–Trinajstić information content (AvgIpc) is 2.61. The Morgan fingerprint density at radius 1 is 1.08 bits per heavy atom. The number of aryl methyl sites for hydroxylation is 2. The number of piperazine rings is 1. The molecule has 1 aromatic carbocycles. The van der Waals surface area contributed by atoms with Gasteiger partial charge in [-0.2, -0.15) is 4.31 Å². The lowest BCUT2D eigenvalue weighted by Gasteiger charge is -2.34.